The normalized spacial score (nSPS) is 12.2. The average Bonchev–Trinajstić information content (AvgIpc) is 2.86. The quantitative estimate of drug-likeness (QED) is 0.312. The van der Waals surface area contributed by atoms with Gasteiger partial charge in [0, 0.05) is 29.6 Å². The van der Waals surface area contributed by atoms with E-state index in [4.69, 9.17) is 9.84 Å². The van der Waals surface area contributed by atoms with E-state index in [0.29, 0.717) is 29.2 Å². The molecule has 1 atom stereocenters. The molecule has 0 unspecified atom stereocenters. The van der Waals surface area contributed by atoms with E-state index in [-0.39, 0.29) is 30.8 Å². The molecule has 3 aromatic rings. The largest absolute Gasteiger partial charge is 0.491 e. The number of benzene rings is 2. The Morgan fingerprint density at radius 3 is 2.22 bits per heavy atom. The first-order chi connectivity index (χ1) is 17.5. The summed E-state index contributed by atoms with van der Waals surface area (Å²) in [6, 6.07) is 16.1. The summed E-state index contributed by atoms with van der Waals surface area (Å²) in [6.07, 6.45) is -3.75. The number of carbonyl (C=O) groups is 2. The van der Waals surface area contributed by atoms with Gasteiger partial charge >= 0.3 is 12.1 Å². The molecule has 196 valence electrons. The number of nitrogens with zero attached hydrogens (tertiary/aromatic N) is 1. The minimum absolute atomic E-state index is 0.0495. The second-order valence-electron chi connectivity index (χ2n) is 8.74. The van der Waals surface area contributed by atoms with Crippen molar-refractivity contribution in [2.24, 2.45) is 5.92 Å². The Balaban J connectivity index is 1.55. The van der Waals surface area contributed by atoms with E-state index in [2.05, 4.69) is 15.6 Å². The highest BCUT2D eigenvalue weighted by Crippen LogP contribution is 2.30. The van der Waals surface area contributed by atoms with E-state index in [1.165, 1.54) is 6.07 Å². The van der Waals surface area contributed by atoms with E-state index >= 15 is 0 Å². The average molecular weight is 516 g/mol. The Hall–Kier alpha value is -4.08. The molecule has 10 heteroatoms. The number of carboxylic acids is 1. The van der Waals surface area contributed by atoms with Gasteiger partial charge in [-0.15, -0.1) is 0 Å². The Morgan fingerprint density at radius 1 is 1.00 bits per heavy atom. The van der Waals surface area contributed by atoms with Crippen LogP contribution in [0.3, 0.4) is 0 Å². The number of pyridine rings is 1. The van der Waals surface area contributed by atoms with Crippen LogP contribution in [0.5, 0.6) is 5.75 Å². The predicted octanol–water partition coefficient (Wildman–Crippen LogP) is 5.49. The maximum absolute atomic E-state index is 12.7. The SMILES string of the molecule is CC(C)[C@@H](COc1ccc(-c2ccc(C(F)(F)F)cn2)cc1)Nc1ccc(C(=O)NCCC(=O)O)cc1. The topological polar surface area (TPSA) is 101 Å². The van der Waals surface area contributed by atoms with Crippen LogP contribution in [0.2, 0.25) is 0 Å². The molecule has 1 aromatic heterocycles. The number of ether oxygens (including phenoxy) is 1. The molecule has 0 saturated carbocycles. The minimum atomic E-state index is -4.43. The molecule has 1 amide bonds. The van der Waals surface area contributed by atoms with Gasteiger partial charge in [-0.25, -0.2) is 0 Å². The molecule has 3 rings (SSSR count). The van der Waals surface area contributed by atoms with Gasteiger partial charge in [0.2, 0.25) is 0 Å². The first-order valence-corrected chi connectivity index (χ1v) is 11.7. The van der Waals surface area contributed by atoms with Crippen molar-refractivity contribution >= 4 is 17.6 Å². The summed E-state index contributed by atoms with van der Waals surface area (Å²) >= 11 is 0. The van der Waals surface area contributed by atoms with E-state index < -0.39 is 17.7 Å². The highest BCUT2D eigenvalue weighted by atomic mass is 19.4. The third-order valence-corrected chi connectivity index (χ3v) is 5.60. The maximum atomic E-state index is 12.7. The van der Waals surface area contributed by atoms with Crippen molar-refractivity contribution in [2.75, 3.05) is 18.5 Å². The van der Waals surface area contributed by atoms with Crippen molar-refractivity contribution in [3.63, 3.8) is 0 Å². The van der Waals surface area contributed by atoms with Crippen LogP contribution in [0.1, 0.15) is 36.2 Å². The number of aliphatic carboxylic acids is 1. The van der Waals surface area contributed by atoms with Gasteiger partial charge in [-0.3, -0.25) is 14.6 Å². The maximum Gasteiger partial charge on any atom is 0.417 e. The molecule has 0 saturated heterocycles. The summed E-state index contributed by atoms with van der Waals surface area (Å²) in [5.41, 5.74) is 1.54. The lowest BCUT2D eigenvalue weighted by Gasteiger charge is -2.24. The fraction of sp³-hybridized carbons (Fsp3) is 0.296. The first kappa shape index (κ1) is 27.5. The second kappa shape index (κ2) is 12.2. The highest BCUT2D eigenvalue weighted by Gasteiger charge is 2.30. The van der Waals surface area contributed by atoms with Crippen LogP contribution < -0.4 is 15.4 Å². The second-order valence-corrected chi connectivity index (χ2v) is 8.74. The zero-order valence-electron chi connectivity index (χ0n) is 20.4. The van der Waals surface area contributed by atoms with E-state index in [9.17, 15) is 22.8 Å². The van der Waals surface area contributed by atoms with Crippen molar-refractivity contribution in [3.8, 4) is 17.0 Å². The summed E-state index contributed by atoms with van der Waals surface area (Å²) in [6.45, 7) is 4.51. The molecule has 3 N–H and O–H groups in total. The van der Waals surface area contributed by atoms with E-state index in [1.807, 2.05) is 13.8 Å². The predicted molar refractivity (Wildman–Crippen MR) is 133 cm³/mol. The molecule has 7 nitrogen and oxygen atoms in total. The number of carboxylic acid groups (broad SMARTS) is 1. The molecular formula is C27H28F3N3O4. The fourth-order valence-electron chi connectivity index (χ4n) is 3.36. The molecule has 0 spiro atoms. The fourth-order valence-corrected chi connectivity index (χ4v) is 3.36. The number of rotatable bonds is 11. The standard InChI is InChI=1S/C27H28F3N3O4/c1-17(2)24(33-21-8-3-19(4-9-21)26(36)31-14-13-25(34)35)16-37-22-10-5-18(6-11-22)23-12-7-20(15-32-23)27(28,29)30/h3-12,15,17,24,33H,13-14,16H2,1-2H3,(H,31,36)(H,34,35)/t24-/m1/s1. The Labute approximate surface area is 212 Å². The van der Waals surface area contributed by atoms with Crippen molar-refractivity contribution in [1.29, 1.82) is 0 Å². The third-order valence-electron chi connectivity index (χ3n) is 5.60. The number of anilines is 1. The van der Waals surface area contributed by atoms with Crippen molar-refractivity contribution in [1.82, 2.24) is 10.3 Å². The summed E-state index contributed by atoms with van der Waals surface area (Å²) in [4.78, 5) is 26.6. The molecule has 0 radical (unpaired) electrons. The number of amides is 1. The molecule has 0 bridgehead atoms. The molecule has 0 fully saturated rings. The summed E-state index contributed by atoms with van der Waals surface area (Å²) < 4.78 is 44.2. The lowest BCUT2D eigenvalue weighted by atomic mass is 10.0. The van der Waals surface area contributed by atoms with Gasteiger partial charge in [0.15, 0.2) is 0 Å². The van der Waals surface area contributed by atoms with Crippen LogP contribution in [-0.4, -0.2) is 41.2 Å². The smallest absolute Gasteiger partial charge is 0.417 e. The minimum Gasteiger partial charge on any atom is -0.491 e. The molecule has 37 heavy (non-hydrogen) atoms. The van der Waals surface area contributed by atoms with Gasteiger partial charge < -0.3 is 20.5 Å². The van der Waals surface area contributed by atoms with E-state index in [1.54, 1.807) is 48.5 Å². The Bertz CT molecular complexity index is 1180. The molecular weight excluding hydrogens is 487 g/mol. The highest BCUT2D eigenvalue weighted by molar-refractivity contribution is 5.94. The summed E-state index contributed by atoms with van der Waals surface area (Å²) in [5.74, 6) is -0.494. The molecule has 0 aliphatic rings. The van der Waals surface area contributed by atoms with Crippen LogP contribution in [0.4, 0.5) is 18.9 Å². The number of aromatic nitrogens is 1. The summed E-state index contributed by atoms with van der Waals surface area (Å²) in [7, 11) is 0. The van der Waals surface area contributed by atoms with Crippen LogP contribution in [-0.2, 0) is 11.0 Å². The first-order valence-electron chi connectivity index (χ1n) is 11.7. The van der Waals surface area contributed by atoms with Crippen LogP contribution in [0, 0.1) is 5.92 Å². The molecule has 0 aliphatic heterocycles. The lowest BCUT2D eigenvalue weighted by Crippen LogP contribution is -2.32. The number of halogens is 3. The van der Waals surface area contributed by atoms with Gasteiger partial charge in [-0.05, 0) is 66.6 Å². The van der Waals surface area contributed by atoms with E-state index in [0.717, 1.165) is 18.0 Å². The van der Waals surface area contributed by atoms with Crippen LogP contribution in [0.15, 0.2) is 66.9 Å². The van der Waals surface area contributed by atoms with Crippen LogP contribution >= 0.6 is 0 Å². The van der Waals surface area contributed by atoms with Gasteiger partial charge in [0.1, 0.15) is 12.4 Å². The monoisotopic (exact) mass is 515 g/mol. The zero-order valence-corrected chi connectivity index (χ0v) is 20.4. The molecule has 0 aliphatic carbocycles. The molecule has 2 aromatic carbocycles. The molecule has 1 heterocycles. The van der Waals surface area contributed by atoms with Crippen molar-refractivity contribution in [2.45, 2.75) is 32.5 Å². The number of alkyl halides is 3. The van der Waals surface area contributed by atoms with Gasteiger partial charge in [0.05, 0.1) is 23.7 Å². The summed E-state index contributed by atoms with van der Waals surface area (Å²) in [5, 5.41) is 14.6. The Morgan fingerprint density at radius 2 is 1.68 bits per heavy atom. The number of hydrogen-bond donors (Lipinski definition) is 3. The lowest BCUT2D eigenvalue weighted by molar-refractivity contribution is -0.138. The van der Waals surface area contributed by atoms with Crippen molar-refractivity contribution < 1.29 is 32.6 Å². The van der Waals surface area contributed by atoms with Gasteiger partial charge in [-0.1, -0.05) is 13.8 Å². The number of hydrogen-bond acceptors (Lipinski definition) is 5. The zero-order chi connectivity index (χ0) is 27.0. The number of carbonyl (C=O) groups excluding carboxylic acids is 1. The van der Waals surface area contributed by atoms with Gasteiger partial charge in [-0.2, -0.15) is 13.2 Å². The third kappa shape index (κ3) is 8.23. The Kier molecular flexibility index (Phi) is 9.10. The van der Waals surface area contributed by atoms with Crippen LogP contribution in [0.25, 0.3) is 11.3 Å². The van der Waals surface area contributed by atoms with Crippen molar-refractivity contribution in [3.05, 3.63) is 78.0 Å². The number of nitrogens with one attached hydrogen (secondary N) is 2. The van der Waals surface area contributed by atoms with Gasteiger partial charge in [0.25, 0.3) is 5.91 Å².